The minimum absolute atomic E-state index is 0.0218. The van der Waals surface area contributed by atoms with Crippen LogP contribution in [0.5, 0.6) is 0 Å². The molecule has 6 nitrogen and oxygen atoms in total. The molecule has 0 fully saturated rings. The third kappa shape index (κ3) is 4.51. The van der Waals surface area contributed by atoms with Gasteiger partial charge < -0.3 is 15.8 Å². The smallest absolute Gasteiger partial charge is 0.418 e. The third-order valence-electron chi connectivity index (χ3n) is 2.47. The van der Waals surface area contributed by atoms with Crippen molar-refractivity contribution in [3.05, 3.63) is 35.6 Å². The van der Waals surface area contributed by atoms with Gasteiger partial charge in [0.1, 0.15) is 5.82 Å². The van der Waals surface area contributed by atoms with Crippen molar-refractivity contribution in [2.24, 2.45) is 5.73 Å². The van der Waals surface area contributed by atoms with Crippen molar-refractivity contribution in [1.82, 2.24) is 10.2 Å². The van der Waals surface area contributed by atoms with Gasteiger partial charge in [0, 0.05) is 25.2 Å². The zero-order valence-corrected chi connectivity index (χ0v) is 11.3. The summed E-state index contributed by atoms with van der Waals surface area (Å²) in [7, 11) is 0. The molecule has 0 bridgehead atoms. The van der Waals surface area contributed by atoms with Crippen LogP contribution in [0.25, 0.3) is 0 Å². The number of nitrogens with two attached hydrogens (primary N) is 1. The van der Waals surface area contributed by atoms with Crippen molar-refractivity contribution >= 4 is 12.1 Å². The Balaban J connectivity index is 2.62. The Morgan fingerprint density at radius 2 is 2.10 bits per heavy atom. The predicted molar refractivity (Wildman–Crippen MR) is 71.4 cm³/mol. The predicted octanol–water partition coefficient (Wildman–Crippen LogP) is 1.45. The Hall–Kier alpha value is -2.15. The highest BCUT2D eigenvalue weighted by atomic mass is 19.1. The molecule has 0 aliphatic carbocycles. The number of halogens is 1. The zero-order chi connectivity index (χ0) is 15.0. The van der Waals surface area contributed by atoms with Crippen molar-refractivity contribution in [2.45, 2.75) is 13.5 Å². The van der Waals surface area contributed by atoms with E-state index in [-0.39, 0.29) is 26.2 Å². The molecule has 110 valence electrons. The number of imide groups is 1. The molecule has 3 amide bonds. The average molecular weight is 283 g/mol. The minimum Gasteiger partial charge on any atom is -0.449 e. The summed E-state index contributed by atoms with van der Waals surface area (Å²) >= 11 is 0. The van der Waals surface area contributed by atoms with Crippen LogP contribution in [-0.4, -0.2) is 36.7 Å². The van der Waals surface area contributed by atoms with Crippen LogP contribution in [0.15, 0.2) is 24.3 Å². The lowest BCUT2D eigenvalue weighted by molar-refractivity contribution is 0.115. The molecule has 20 heavy (non-hydrogen) atoms. The molecule has 0 radical (unpaired) electrons. The fraction of sp³-hybridized carbons (Fsp3) is 0.385. The Morgan fingerprint density at radius 3 is 2.70 bits per heavy atom. The lowest BCUT2D eigenvalue weighted by Gasteiger charge is -2.19. The minimum atomic E-state index is -0.774. The van der Waals surface area contributed by atoms with E-state index in [9.17, 15) is 14.0 Å². The van der Waals surface area contributed by atoms with E-state index in [0.717, 1.165) is 4.90 Å². The molecule has 0 atom stereocenters. The molecule has 0 unspecified atom stereocenters. The lowest BCUT2D eigenvalue weighted by Crippen LogP contribution is -2.46. The van der Waals surface area contributed by atoms with Crippen LogP contribution in [0.2, 0.25) is 0 Å². The molecule has 0 heterocycles. The third-order valence-corrected chi connectivity index (χ3v) is 2.47. The highest BCUT2D eigenvalue weighted by molar-refractivity contribution is 5.90. The summed E-state index contributed by atoms with van der Waals surface area (Å²) in [6, 6.07) is 5.39. The first-order valence-electron chi connectivity index (χ1n) is 6.25. The van der Waals surface area contributed by atoms with Crippen LogP contribution >= 0.6 is 0 Å². The van der Waals surface area contributed by atoms with Crippen LogP contribution in [0.1, 0.15) is 12.5 Å². The normalized spacial score (nSPS) is 9.95. The first kappa shape index (κ1) is 15.9. The number of carbonyl (C=O) groups excluding carboxylic acids is 2. The quantitative estimate of drug-likeness (QED) is 0.856. The van der Waals surface area contributed by atoms with Gasteiger partial charge in [0.05, 0.1) is 6.61 Å². The molecule has 0 aliphatic heterocycles. The SMILES string of the molecule is CCOC(=O)N(CCN)C(=O)NCc1ccccc1F. The maximum atomic E-state index is 13.4. The summed E-state index contributed by atoms with van der Waals surface area (Å²) < 4.78 is 18.1. The number of amides is 3. The first-order chi connectivity index (χ1) is 9.60. The molecule has 0 spiro atoms. The van der Waals surface area contributed by atoms with Gasteiger partial charge in [-0.25, -0.2) is 18.9 Å². The summed E-state index contributed by atoms with van der Waals surface area (Å²) in [4.78, 5) is 24.3. The number of ether oxygens (including phenoxy) is 1. The molecule has 3 N–H and O–H groups in total. The van der Waals surface area contributed by atoms with E-state index < -0.39 is 17.9 Å². The first-order valence-corrected chi connectivity index (χ1v) is 6.25. The van der Waals surface area contributed by atoms with Gasteiger partial charge in [0.2, 0.25) is 0 Å². The van der Waals surface area contributed by atoms with Gasteiger partial charge in [-0.3, -0.25) is 0 Å². The Bertz CT molecular complexity index is 468. The number of rotatable bonds is 5. The van der Waals surface area contributed by atoms with Gasteiger partial charge in [0.25, 0.3) is 0 Å². The number of urea groups is 1. The van der Waals surface area contributed by atoms with E-state index in [2.05, 4.69) is 5.32 Å². The second-order valence-electron chi connectivity index (χ2n) is 3.89. The largest absolute Gasteiger partial charge is 0.449 e. The number of benzene rings is 1. The van der Waals surface area contributed by atoms with Crippen molar-refractivity contribution in [1.29, 1.82) is 0 Å². The van der Waals surface area contributed by atoms with Crippen LogP contribution in [0, 0.1) is 5.82 Å². The Labute approximate surface area is 116 Å². The maximum absolute atomic E-state index is 13.4. The molecule has 0 aromatic heterocycles. The zero-order valence-electron chi connectivity index (χ0n) is 11.3. The number of nitrogens with one attached hydrogen (secondary N) is 1. The van der Waals surface area contributed by atoms with E-state index in [1.165, 1.54) is 6.07 Å². The van der Waals surface area contributed by atoms with E-state index in [1.807, 2.05) is 0 Å². The second kappa shape index (κ2) is 8.11. The molecule has 1 rings (SSSR count). The summed E-state index contributed by atoms with van der Waals surface area (Å²) in [6.07, 6.45) is -0.774. The standard InChI is InChI=1S/C13H18FN3O3/c1-2-20-13(19)17(8-7-15)12(18)16-9-10-5-3-4-6-11(10)14/h3-6H,2,7-9,15H2,1H3,(H,16,18). The molecule has 1 aromatic carbocycles. The topological polar surface area (TPSA) is 84.7 Å². The van der Waals surface area contributed by atoms with Crippen LogP contribution in [-0.2, 0) is 11.3 Å². The maximum Gasteiger partial charge on any atom is 0.418 e. The van der Waals surface area contributed by atoms with E-state index in [4.69, 9.17) is 10.5 Å². The molecular formula is C13H18FN3O3. The second-order valence-corrected chi connectivity index (χ2v) is 3.89. The van der Waals surface area contributed by atoms with Gasteiger partial charge in [0.15, 0.2) is 0 Å². The average Bonchev–Trinajstić information content (AvgIpc) is 2.43. The summed E-state index contributed by atoms with van der Waals surface area (Å²) in [6.45, 7) is 1.91. The Morgan fingerprint density at radius 1 is 1.40 bits per heavy atom. The highest BCUT2D eigenvalue weighted by Gasteiger charge is 2.21. The summed E-state index contributed by atoms with van der Waals surface area (Å²) in [5.41, 5.74) is 5.67. The van der Waals surface area contributed by atoms with E-state index >= 15 is 0 Å². The number of hydrogen-bond acceptors (Lipinski definition) is 4. The van der Waals surface area contributed by atoms with E-state index in [1.54, 1.807) is 25.1 Å². The van der Waals surface area contributed by atoms with Crippen molar-refractivity contribution in [3.63, 3.8) is 0 Å². The van der Waals surface area contributed by atoms with E-state index in [0.29, 0.717) is 5.56 Å². The fourth-order valence-corrected chi connectivity index (χ4v) is 1.51. The van der Waals surface area contributed by atoms with Crippen LogP contribution in [0.3, 0.4) is 0 Å². The van der Waals surface area contributed by atoms with Crippen molar-refractivity contribution < 1.29 is 18.7 Å². The molecule has 0 saturated carbocycles. The number of hydrogen-bond donors (Lipinski definition) is 2. The van der Waals surface area contributed by atoms with Gasteiger partial charge in [-0.1, -0.05) is 18.2 Å². The van der Waals surface area contributed by atoms with Crippen LogP contribution < -0.4 is 11.1 Å². The monoisotopic (exact) mass is 283 g/mol. The number of nitrogens with zero attached hydrogens (tertiary/aromatic N) is 1. The van der Waals surface area contributed by atoms with Gasteiger partial charge in [-0.2, -0.15) is 0 Å². The molecular weight excluding hydrogens is 265 g/mol. The molecule has 1 aromatic rings. The number of carbonyl (C=O) groups is 2. The summed E-state index contributed by atoms with van der Waals surface area (Å²) in [5.74, 6) is -0.422. The highest BCUT2D eigenvalue weighted by Crippen LogP contribution is 2.06. The van der Waals surface area contributed by atoms with Gasteiger partial charge in [-0.15, -0.1) is 0 Å². The van der Waals surface area contributed by atoms with Crippen LogP contribution in [0.4, 0.5) is 14.0 Å². The van der Waals surface area contributed by atoms with Gasteiger partial charge in [-0.05, 0) is 13.0 Å². The lowest BCUT2D eigenvalue weighted by atomic mass is 10.2. The van der Waals surface area contributed by atoms with Gasteiger partial charge >= 0.3 is 12.1 Å². The molecule has 0 saturated heterocycles. The molecule has 0 aliphatic rings. The fourth-order valence-electron chi connectivity index (χ4n) is 1.51. The van der Waals surface area contributed by atoms with Crippen molar-refractivity contribution in [3.8, 4) is 0 Å². The molecule has 7 heteroatoms. The summed E-state index contributed by atoms with van der Waals surface area (Å²) in [5, 5.41) is 2.45. The Kier molecular flexibility index (Phi) is 6.45. The van der Waals surface area contributed by atoms with Crippen molar-refractivity contribution in [2.75, 3.05) is 19.7 Å².